The van der Waals surface area contributed by atoms with Crippen molar-refractivity contribution in [3.05, 3.63) is 52.9 Å². The third-order valence-electron chi connectivity index (χ3n) is 5.00. The summed E-state index contributed by atoms with van der Waals surface area (Å²) in [6.45, 7) is 1.59. The Balaban J connectivity index is 1.61. The van der Waals surface area contributed by atoms with Gasteiger partial charge in [-0.15, -0.1) is 0 Å². The molecule has 8 heteroatoms. The second-order valence-corrected chi connectivity index (χ2v) is 6.80. The van der Waals surface area contributed by atoms with Crippen LogP contribution < -0.4 is 10.2 Å². The standard InChI is InChI=1S/C21H19N5O3/c22-11-16-12-23-19(10-18(16)14-5-8-29-9-6-14)25-21(28)26-7-1-2-15-3-4-17(13-27)24-20(15)26/h3-5,10,12-13H,1-2,6-9H2,(H,23,25,28). The first-order chi connectivity index (χ1) is 14.2. The Bertz CT molecular complexity index is 1040. The molecule has 0 atom stereocenters. The fraction of sp³-hybridized carbons (Fsp3) is 0.286. The van der Waals surface area contributed by atoms with Crippen LogP contribution in [0.5, 0.6) is 0 Å². The molecule has 4 rings (SSSR count). The minimum Gasteiger partial charge on any atom is -0.377 e. The van der Waals surface area contributed by atoms with E-state index in [2.05, 4.69) is 21.4 Å². The molecule has 0 saturated carbocycles. The van der Waals surface area contributed by atoms with Gasteiger partial charge in [-0.2, -0.15) is 5.26 Å². The fourth-order valence-electron chi connectivity index (χ4n) is 3.54. The Morgan fingerprint density at radius 3 is 3.00 bits per heavy atom. The lowest BCUT2D eigenvalue weighted by atomic mass is 9.98. The van der Waals surface area contributed by atoms with E-state index in [9.17, 15) is 14.9 Å². The van der Waals surface area contributed by atoms with Crippen molar-refractivity contribution < 1.29 is 14.3 Å². The first-order valence-corrected chi connectivity index (χ1v) is 9.40. The van der Waals surface area contributed by atoms with Crippen molar-refractivity contribution in [2.75, 3.05) is 30.0 Å². The number of aryl methyl sites for hydroxylation is 1. The minimum atomic E-state index is -0.370. The molecule has 8 nitrogen and oxygen atoms in total. The molecule has 29 heavy (non-hydrogen) atoms. The van der Waals surface area contributed by atoms with Gasteiger partial charge < -0.3 is 4.74 Å². The van der Waals surface area contributed by atoms with Crippen molar-refractivity contribution in [2.24, 2.45) is 0 Å². The number of ether oxygens (including phenoxy) is 1. The van der Waals surface area contributed by atoms with Crippen molar-refractivity contribution in [3.63, 3.8) is 0 Å². The lowest BCUT2D eigenvalue weighted by Crippen LogP contribution is -2.39. The number of aldehydes is 1. The van der Waals surface area contributed by atoms with Gasteiger partial charge in [0.1, 0.15) is 23.4 Å². The highest BCUT2D eigenvalue weighted by molar-refractivity contribution is 6.01. The van der Waals surface area contributed by atoms with Gasteiger partial charge in [0.05, 0.1) is 18.8 Å². The molecular weight excluding hydrogens is 370 g/mol. The number of carbonyl (C=O) groups is 2. The highest BCUT2D eigenvalue weighted by Gasteiger charge is 2.25. The summed E-state index contributed by atoms with van der Waals surface area (Å²) in [6, 6.07) is 6.99. The molecule has 0 fully saturated rings. The number of urea groups is 1. The molecule has 0 radical (unpaired) electrons. The van der Waals surface area contributed by atoms with E-state index in [1.807, 2.05) is 12.1 Å². The molecule has 1 N–H and O–H groups in total. The van der Waals surface area contributed by atoms with E-state index in [1.165, 1.54) is 11.1 Å². The van der Waals surface area contributed by atoms with Crippen LogP contribution in [0.1, 0.15) is 40.0 Å². The van der Waals surface area contributed by atoms with Crippen LogP contribution in [0.2, 0.25) is 0 Å². The van der Waals surface area contributed by atoms with Gasteiger partial charge in [-0.3, -0.25) is 15.0 Å². The van der Waals surface area contributed by atoms with Crippen LogP contribution in [0.3, 0.4) is 0 Å². The molecule has 0 unspecified atom stereocenters. The largest absolute Gasteiger partial charge is 0.377 e. The number of hydrogen-bond acceptors (Lipinski definition) is 6. The third kappa shape index (κ3) is 3.86. The summed E-state index contributed by atoms with van der Waals surface area (Å²) >= 11 is 0. The number of pyridine rings is 2. The van der Waals surface area contributed by atoms with E-state index in [1.54, 1.807) is 12.1 Å². The van der Waals surface area contributed by atoms with Crippen LogP contribution in [-0.2, 0) is 11.2 Å². The first-order valence-electron chi connectivity index (χ1n) is 9.40. The molecule has 2 amide bonds. The van der Waals surface area contributed by atoms with Gasteiger partial charge in [-0.1, -0.05) is 12.1 Å². The molecule has 2 aromatic rings. The third-order valence-corrected chi connectivity index (χ3v) is 5.00. The van der Waals surface area contributed by atoms with Crippen molar-refractivity contribution in [3.8, 4) is 6.07 Å². The Morgan fingerprint density at radius 2 is 2.24 bits per heavy atom. The van der Waals surface area contributed by atoms with Gasteiger partial charge in [0.25, 0.3) is 0 Å². The summed E-state index contributed by atoms with van der Waals surface area (Å²) in [6.07, 6.45) is 6.39. The predicted molar refractivity (Wildman–Crippen MR) is 107 cm³/mol. The van der Waals surface area contributed by atoms with Gasteiger partial charge in [0.15, 0.2) is 6.29 Å². The average Bonchev–Trinajstić information content (AvgIpc) is 2.78. The van der Waals surface area contributed by atoms with Crippen LogP contribution in [-0.4, -0.2) is 42.0 Å². The number of amides is 2. The van der Waals surface area contributed by atoms with Crippen molar-refractivity contribution in [2.45, 2.75) is 19.3 Å². The highest BCUT2D eigenvalue weighted by Crippen LogP contribution is 2.28. The minimum absolute atomic E-state index is 0.286. The molecule has 0 aromatic carbocycles. The summed E-state index contributed by atoms with van der Waals surface area (Å²) in [5.41, 5.74) is 3.43. The van der Waals surface area contributed by atoms with Gasteiger partial charge in [0.2, 0.25) is 0 Å². The number of rotatable bonds is 3. The zero-order chi connectivity index (χ0) is 20.2. The summed E-state index contributed by atoms with van der Waals surface area (Å²) < 4.78 is 5.34. The molecule has 2 aliphatic heterocycles. The normalized spacial score (nSPS) is 15.7. The number of hydrogen-bond donors (Lipinski definition) is 1. The number of carbonyl (C=O) groups excluding carboxylic acids is 2. The zero-order valence-corrected chi connectivity index (χ0v) is 15.7. The van der Waals surface area contributed by atoms with Crippen molar-refractivity contribution in [1.82, 2.24) is 9.97 Å². The van der Waals surface area contributed by atoms with E-state index < -0.39 is 0 Å². The molecule has 146 valence electrons. The number of fused-ring (bicyclic) bond motifs is 1. The number of anilines is 2. The monoisotopic (exact) mass is 389 g/mol. The van der Waals surface area contributed by atoms with Gasteiger partial charge in [-0.25, -0.2) is 14.8 Å². The second-order valence-electron chi connectivity index (χ2n) is 6.80. The van der Waals surface area contributed by atoms with Gasteiger partial charge in [0, 0.05) is 18.3 Å². The number of nitrogens with zero attached hydrogens (tertiary/aromatic N) is 4. The summed E-state index contributed by atoms with van der Waals surface area (Å²) in [7, 11) is 0. The average molecular weight is 389 g/mol. The lowest BCUT2D eigenvalue weighted by molar-refractivity contribution is 0.111. The molecule has 0 bridgehead atoms. The Hall–Kier alpha value is -3.57. The first kappa shape index (κ1) is 18.8. The molecule has 0 aliphatic carbocycles. The molecule has 2 aliphatic rings. The Kier molecular flexibility index (Phi) is 5.31. The fourth-order valence-corrected chi connectivity index (χ4v) is 3.54. The molecule has 0 saturated heterocycles. The summed E-state index contributed by atoms with van der Waals surface area (Å²) in [4.78, 5) is 34.0. The van der Waals surface area contributed by atoms with E-state index >= 15 is 0 Å². The maximum absolute atomic E-state index is 12.9. The van der Waals surface area contributed by atoms with Crippen LogP contribution in [0.4, 0.5) is 16.4 Å². The van der Waals surface area contributed by atoms with Crippen molar-refractivity contribution >= 4 is 29.5 Å². The maximum Gasteiger partial charge on any atom is 0.328 e. The summed E-state index contributed by atoms with van der Waals surface area (Å²) in [5, 5.41) is 12.2. The molecule has 4 heterocycles. The summed E-state index contributed by atoms with van der Waals surface area (Å²) in [5.74, 6) is 0.856. The number of aromatic nitrogens is 2. The lowest BCUT2D eigenvalue weighted by Gasteiger charge is -2.28. The highest BCUT2D eigenvalue weighted by atomic mass is 16.5. The number of nitrogens with one attached hydrogen (secondary N) is 1. The van der Waals surface area contributed by atoms with Crippen molar-refractivity contribution in [1.29, 1.82) is 5.26 Å². The molecular formula is C21H19N5O3. The number of nitriles is 1. The smallest absolute Gasteiger partial charge is 0.328 e. The van der Waals surface area contributed by atoms with Crippen LogP contribution in [0.15, 0.2) is 30.5 Å². The molecule has 2 aromatic heterocycles. The predicted octanol–water partition coefficient (Wildman–Crippen LogP) is 2.95. The van der Waals surface area contributed by atoms with E-state index in [-0.39, 0.29) is 11.7 Å². The van der Waals surface area contributed by atoms with Crippen LogP contribution in [0, 0.1) is 11.3 Å². The van der Waals surface area contributed by atoms with Gasteiger partial charge in [-0.05, 0) is 42.5 Å². The molecule has 0 spiro atoms. The Morgan fingerprint density at radius 1 is 1.34 bits per heavy atom. The van der Waals surface area contributed by atoms with Gasteiger partial charge >= 0.3 is 6.03 Å². The second kappa shape index (κ2) is 8.20. The van der Waals surface area contributed by atoms with Crippen LogP contribution >= 0.6 is 0 Å². The SMILES string of the molecule is N#Cc1cnc(NC(=O)N2CCCc3ccc(C=O)nc32)cc1C1=CCOCC1. The van der Waals surface area contributed by atoms with E-state index in [0.29, 0.717) is 49.7 Å². The van der Waals surface area contributed by atoms with E-state index in [0.717, 1.165) is 29.5 Å². The Labute approximate surface area is 167 Å². The maximum atomic E-state index is 12.9. The van der Waals surface area contributed by atoms with Crippen LogP contribution in [0.25, 0.3) is 5.57 Å². The van der Waals surface area contributed by atoms with E-state index in [4.69, 9.17) is 4.74 Å². The topological polar surface area (TPSA) is 108 Å². The zero-order valence-electron chi connectivity index (χ0n) is 15.7. The quantitative estimate of drug-likeness (QED) is 0.809.